The maximum Gasteiger partial charge on any atom is 0.143 e. The van der Waals surface area contributed by atoms with Gasteiger partial charge in [0.05, 0.1) is 6.04 Å². The first-order chi connectivity index (χ1) is 8.22. The molecule has 3 atom stereocenters. The van der Waals surface area contributed by atoms with E-state index in [2.05, 4.69) is 29.2 Å². The second kappa shape index (κ2) is 5.63. The summed E-state index contributed by atoms with van der Waals surface area (Å²) in [7, 11) is 1.99. The molecule has 1 aromatic heterocycles. The van der Waals surface area contributed by atoms with Crippen LogP contribution in [0.25, 0.3) is 0 Å². The highest BCUT2D eigenvalue weighted by Crippen LogP contribution is 2.38. The Labute approximate surface area is 104 Å². The van der Waals surface area contributed by atoms with Crippen LogP contribution >= 0.6 is 0 Å². The van der Waals surface area contributed by atoms with Gasteiger partial charge in [0.1, 0.15) is 12.2 Å². The molecule has 0 aromatic carbocycles. The Morgan fingerprint density at radius 2 is 2.35 bits per heavy atom. The second-order valence-corrected chi connectivity index (χ2v) is 5.35. The van der Waals surface area contributed by atoms with E-state index in [0.29, 0.717) is 6.04 Å². The average Bonchev–Trinajstić information content (AvgIpc) is 2.90. The molecule has 0 amide bonds. The first-order valence-electron chi connectivity index (χ1n) is 6.79. The summed E-state index contributed by atoms with van der Waals surface area (Å²) in [6.45, 7) is 5.62. The van der Waals surface area contributed by atoms with E-state index < -0.39 is 0 Å². The first-order valence-corrected chi connectivity index (χ1v) is 6.79. The van der Waals surface area contributed by atoms with Gasteiger partial charge in [0.15, 0.2) is 0 Å². The molecular formula is C13H24N4. The maximum atomic E-state index is 4.43. The molecule has 0 radical (unpaired) electrons. The van der Waals surface area contributed by atoms with E-state index in [9.17, 15) is 0 Å². The number of hydrogen-bond acceptors (Lipinski definition) is 3. The third kappa shape index (κ3) is 2.86. The van der Waals surface area contributed by atoms with Crippen LogP contribution in [0.3, 0.4) is 0 Å². The molecule has 1 aliphatic rings. The van der Waals surface area contributed by atoms with Crippen molar-refractivity contribution < 1.29 is 0 Å². The SMILES string of the molecule is CCCNC(c1ncnn1C)C1CCC(C)C1. The molecule has 2 rings (SSSR count). The largest absolute Gasteiger partial charge is 0.307 e. The molecule has 4 heteroatoms. The summed E-state index contributed by atoms with van der Waals surface area (Å²) < 4.78 is 1.91. The quantitative estimate of drug-likeness (QED) is 0.853. The van der Waals surface area contributed by atoms with E-state index in [0.717, 1.165) is 30.6 Å². The monoisotopic (exact) mass is 236 g/mol. The lowest BCUT2D eigenvalue weighted by Crippen LogP contribution is -2.30. The van der Waals surface area contributed by atoms with Gasteiger partial charge < -0.3 is 5.32 Å². The van der Waals surface area contributed by atoms with Crippen molar-refractivity contribution in [2.75, 3.05) is 6.54 Å². The van der Waals surface area contributed by atoms with Crippen molar-refractivity contribution in [3.8, 4) is 0 Å². The fourth-order valence-corrected chi connectivity index (χ4v) is 2.91. The molecule has 0 bridgehead atoms. The van der Waals surface area contributed by atoms with Crippen LogP contribution in [0.15, 0.2) is 6.33 Å². The van der Waals surface area contributed by atoms with Crippen molar-refractivity contribution in [2.24, 2.45) is 18.9 Å². The molecule has 0 aliphatic heterocycles. The molecule has 1 saturated carbocycles. The minimum Gasteiger partial charge on any atom is -0.307 e. The summed E-state index contributed by atoms with van der Waals surface area (Å²) in [4.78, 5) is 4.43. The minimum absolute atomic E-state index is 0.382. The zero-order valence-electron chi connectivity index (χ0n) is 11.2. The number of hydrogen-bond donors (Lipinski definition) is 1. The van der Waals surface area contributed by atoms with Crippen molar-refractivity contribution in [3.05, 3.63) is 12.2 Å². The molecule has 0 saturated heterocycles. The normalized spacial score (nSPS) is 26.3. The Balaban J connectivity index is 2.10. The zero-order valence-corrected chi connectivity index (χ0v) is 11.2. The fraction of sp³-hybridized carbons (Fsp3) is 0.846. The lowest BCUT2D eigenvalue weighted by atomic mass is 9.96. The van der Waals surface area contributed by atoms with Crippen molar-refractivity contribution >= 4 is 0 Å². The molecule has 4 nitrogen and oxygen atoms in total. The Bertz CT molecular complexity index is 347. The topological polar surface area (TPSA) is 42.7 Å². The Morgan fingerprint density at radius 3 is 2.88 bits per heavy atom. The van der Waals surface area contributed by atoms with Gasteiger partial charge >= 0.3 is 0 Å². The molecule has 1 N–H and O–H groups in total. The zero-order chi connectivity index (χ0) is 12.3. The molecule has 0 spiro atoms. The van der Waals surface area contributed by atoms with Gasteiger partial charge in [-0.3, -0.25) is 4.68 Å². The molecule has 3 unspecified atom stereocenters. The van der Waals surface area contributed by atoms with Gasteiger partial charge in [-0.1, -0.05) is 20.3 Å². The van der Waals surface area contributed by atoms with Gasteiger partial charge in [-0.15, -0.1) is 0 Å². The van der Waals surface area contributed by atoms with Crippen molar-refractivity contribution in [1.29, 1.82) is 0 Å². The summed E-state index contributed by atoms with van der Waals surface area (Å²) in [6.07, 6.45) is 6.81. The average molecular weight is 236 g/mol. The third-order valence-corrected chi connectivity index (χ3v) is 3.85. The first kappa shape index (κ1) is 12.6. The van der Waals surface area contributed by atoms with Crippen LogP contribution in [0.5, 0.6) is 0 Å². The molecule has 1 aromatic rings. The standard InChI is InChI=1S/C13H24N4/c1-4-7-14-12(11-6-5-10(2)8-11)13-15-9-16-17(13)3/h9-12,14H,4-8H2,1-3H3. The number of nitrogens with zero attached hydrogens (tertiary/aromatic N) is 3. The Morgan fingerprint density at radius 1 is 1.53 bits per heavy atom. The summed E-state index contributed by atoms with van der Waals surface area (Å²) in [5.41, 5.74) is 0. The van der Waals surface area contributed by atoms with Gasteiger partial charge in [-0.2, -0.15) is 5.10 Å². The van der Waals surface area contributed by atoms with E-state index in [4.69, 9.17) is 0 Å². The van der Waals surface area contributed by atoms with Gasteiger partial charge in [0.2, 0.25) is 0 Å². The fourth-order valence-electron chi connectivity index (χ4n) is 2.91. The molecule has 17 heavy (non-hydrogen) atoms. The molecule has 1 aliphatic carbocycles. The highest BCUT2D eigenvalue weighted by atomic mass is 15.3. The van der Waals surface area contributed by atoms with Gasteiger partial charge in [-0.25, -0.2) is 4.98 Å². The van der Waals surface area contributed by atoms with Crippen molar-refractivity contribution in [2.45, 2.75) is 45.6 Å². The smallest absolute Gasteiger partial charge is 0.143 e. The molecular weight excluding hydrogens is 212 g/mol. The number of aromatic nitrogens is 3. The second-order valence-electron chi connectivity index (χ2n) is 5.35. The van der Waals surface area contributed by atoms with Crippen molar-refractivity contribution in [1.82, 2.24) is 20.1 Å². The minimum atomic E-state index is 0.382. The van der Waals surface area contributed by atoms with Crippen LogP contribution in [0.4, 0.5) is 0 Å². The Hall–Kier alpha value is -0.900. The molecule has 1 heterocycles. The van der Waals surface area contributed by atoms with E-state index in [-0.39, 0.29) is 0 Å². The van der Waals surface area contributed by atoms with E-state index in [1.165, 1.54) is 19.3 Å². The van der Waals surface area contributed by atoms with Crippen LogP contribution in [0, 0.1) is 11.8 Å². The summed E-state index contributed by atoms with van der Waals surface area (Å²) in [5, 5.41) is 7.85. The van der Waals surface area contributed by atoms with Crippen LogP contribution in [-0.4, -0.2) is 21.3 Å². The third-order valence-electron chi connectivity index (χ3n) is 3.85. The number of nitrogens with one attached hydrogen (secondary N) is 1. The summed E-state index contributed by atoms with van der Waals surface area (Å²) >= 11 is 0. The lowest BCUT2D eigenvalue weighted by molar-refractivity contribution is 0.336. The predicted octanol–water partition coefficient (Wildman–Crippen LogP) is 2.29. The van der Waals surface area contributed by atoms with Crippen LogP contribution in [-0.2, 0) is 7.05 Å². The summed E-state index contributed by atoms with van der Waals surface area (Å²) in [6, 6.07) is 0.382. The predicted molar refractivity (Wildman–Crippen MR) is 68.5 cm³/mol. The van der Waals surface area contributed by atoms with E-state index >= 15 is 0 Å². The van der Waals surface area contributed by atoms with Crippen LogP contribution < -0.4 is 5.32 Å². The van der Waals surface area contributed by atoms with E-state index in [1.807, 2.05) is 11.7 Å². The maximum absolute atomic E-state index is 4.43. The van der Waals surface area contributed by atoms with Crippen LogP contribution in [0.2, 0.25) is 0 Å². The highest BCUT2D eigenvalue weighted by molar-refractivity contribution is 4.99. The highest BCUT2D eigenvalue weighted by Gasteiger charge is 2.31. The van der Waals surface area contributed by atoms with Crippen molar-refractivity contribution in [3.63, 3.8) is 0 Å². The van der Waals surface area contributed by atoms with E-state index in [1.54, 1.807) is 6.33 Å². The molecule has 1 fully saturated rings. The summed E-state index contributed by atoms with van der Waals surface area (Å²) in [5.74, 6) is 2.68. The van der Waals surface area contributed by atoms with Gasteiger partial charge in [0, 0.05) is 7.05 Å². The Kier molecular flexibility index (Phi) is 4.15. The van der Waals surface area contributed by atoms with Gasteiger partial charge in [0.25, 0.3) is 0 Å². The lowest BCUT2D eigenvalue weighted by Gasteiger charge is -2.24. The number of rotatable bonds is 5. The number of aryl methyl sites for hydroxylation is 1. The van der Waals surface area contributed by atoms with Crippen LogP contribution in [0.1, 0.15) is 51.4 Å². The van der Waals surface area contributed by atoms with Gasteiger partial charge in [-0.05, 0) is 37.6 Å². The molecule has 96 valence electrons.